The first kappa shape index (κ1) is 53.9. The number of aliphatic hydroxyl groups is 2. The Balaban J connectivity index is 0.628. The molecular weight excluding hydrogens is 1030 g/mol. The van der Waals surface area contributed by atoms with Crippen LogP contribution in [0.3, 0.4) is 0 Å². The minimum atomic E-state index is -0.936. The summed E-state index contributed by atoms with van der Waals surface area (Å²) in [5, 5.41) is 20.0. The van der Waals surface area contributed by atoms with E-state index in [9.17, 15) is 15.0 Å². The number of ketones is 1. The van der Waals surface area contributed by atoms with Gasteiger partial charge in [-0.3, -0.25) is 4.79 Å². The van der Waals surface area contributed by atoms with Crippen molar-refractivity contribution in [3.63, 3.8) is 0 Å². The quantitative estimate of drug-likeness (QED) is 0.306. The summed E-state index contributed by atoms with van der Waals surface area (Å²) < 4.78 is 104. The van der Waals surface area contributed by atoms with E-state index in [1.807, 2.05) is 0 Å². The summed E-state index contributed by atoms with van der Waals surface area (Å²) in [6.45, 7) is 17.8. The van der Waals surface area contributed by atoms with Crippen molar-refractivity contribution in [1.29, 1.82) is 0 Å². The van der Waals surface area contributed by atoms with Crippen LogP contribution in [0.4, 0.5) is 0 Å². The van der Waals surface area contributed by atoms with Gasteiger partial charge in [0.1, 0.15) is 42.4 Å². The minimum absolute atomic E-state index is 0.00646. The number of hydrogen-bond acceptors (Lipinski definition) is 18. The van der Waals surface area contributed by atoms with Crippen molar-refractivity contribution in [2.24, 2.45) is 29.6 Å². The standard InChI is InChI=1S/C62H88O18/c1-27-13-34-7-9-39-28(2)14-36(66-39)11-12-60-24-50-56(79-60)57-58(74-50)59(80-60)55-40(71-57)10-8-35(68-55)15-33(64)16-37-32(6)54-47(69-42(37)17-41(67-34)31(27)5)20-46-49(73-54)23-62(75-46)25-51-53(78-62)30(4)22-61(77-51)21-29(3)52-48(76-61)19-44-45(72-52)18-43(70-44)38(65)26-63/h27,29-30,32,34-59,63,65H,2,5,7-26H2,1,3-4,6H3. The number of fused-ring (bicyclic) bond motifs is 11. The summed E-state index contributed by atoms with van der Waals surface area (Å²) >= 11 is 0. The maximum Gasteiger partial charge on any atom is 0.174 e. The Morgan fingerprint density at radius 1 is 0.475 bits per heavy atom. The normalized spacial score (nSPS) is 59.0. The highest BCUT2D eigenvalue weighted by Crippen LogP contribution is 2.58. The molecule has 0 aromatic heterocycles. The fraction of sp³-hybridized carbons (Fsp3) is 0.919. The van der Waals surface area contributed by atoms with Gasteiger partial charge in [0.25, 0.3) is 0 Å². The highest BCUT2D eigenvalue weighted by Gasteiger charge is 2.70. The van der Waals surface area contributed by atoms with Crippen molar-refractivity contribution in [2.45, 2.75) is 320 Å². The van der Waals surface area contributed by atoms with Crippen LogP contribution in [0.15, 0.2) is 24.3 Å². The molecule has 17 rings (SSSR count). The smallest absolute Gasteiger partial charge is 0.174 e. The summed E-state index contributed by atoms with van der Waals surface area (Å²) in [5.41, 5.74) is 2.23. The third-order valence-corrected chi connectivity index (χ3v) is 23.1. The van der Waals surface area contributed by atoms with Gasteiger partial charge in [0.15, 0.2) is 17.4 Å². The lowest BCUT2D eigenvalue weighted by molar-refractivity contribution is -0.369. The zero-order chi connectivity index (χ0) is 54.3. The molecule has 0 amide bonds. The average Bonchev–Trinajstić information content (AvgIpc) is 4.38. The molecule has 17 saturated heterocycles. The Morgan fingerprint density at radius 3 is 2.00 bits per heavy atom. The molecule has 0 saturated carbocycles. The highest BCUT2D eigenvalue weighted by atomic mass is 16.8. The number of hydrogen-bond donors (Lipinski definition) is 2. The van der Waals surface area contributed by atoms with E-state index in [2.05, 4.69) is 40.9 Å². The second-order valence-corrected chi connectivity index (χ2v) is 28.6. The predicted molar refractivity (Wildman–Crippen MR) is 280 cm³/mol. The van der Waals surface area contributed by atoms with E-state index in [0.29, 0.717) is 77.0 Å². The maximum absolute atomic E-state index is 14.8. The summed E-state index contributed by atoms with van der Waals surface area (Å²) in [4.78, 5) is 14.8. The molecule has 18 nitrogen and oxygen atoms in total. The van der Waals surface area contributed by atoms with Crippen LogP contribution in [0, 0.1) is 29.6 Å². The van der Waals surface area contributed by atoms with Crippen LogP contribution in [0.25, 0.3) is 0 Å². The molecule has 12 bridgehead atoms. The van der Waals surface area contributed by atoms with Crippen LogP contribution in [-0.4, -0.2) is 193 Å². The van der Waals surface area contributed by atoms with E-state index in [0.717, 1.165) is 56.1 Å². The van der Waals surface area contributed by atoms with E-state index >= 15 is 0 Å². The Kier molecular flexibility index (Phi) is 13.5. The number of Topliss-reactive ketones (excluding diaryl/α,β-unsaturated/α-hetero) is 1. The van der Waals surface area contributed by atoms with Crippen molar-refractivity contribution in [3.05, 3.63) is 24.3 Å². The largest absolute Gasteiger partial charge is 0.394 e. The van der Waals surface area contributed by atoms with Gasteiger partial charge >= 0.3 is 0 Å². The lowest BCUT2D eigenvalue weighted by atomic mass is 9.72. The fourth-order valence-electron chi connectivity index (χ4n) is 19.3. The van der Waals surface area contributed by atoms with E-state index in [-0.39, 0.29) is 182 Å². The third-order valence-electron chi connectivity index (χ3n) is 23.1. The molecule has 33 atom stereocenters. The van der Waals surface area contributed by atoms with Crippen LogP contribution < -0.4 is 0 Å². The molecule has 444 valence electrons. The van der Waals surface area contributed by atoms with Gasteiger partial charge in [0, 0.05) is 77.0 Å². The number of carbonyl (C=O) groups is 1. The van der Waals surface area contributed by atoms with Crippen molar-refractivity contribution >= 4 is 5.78 Å². The predicted octanol–water partition coefficient (Wildman–Crippen LogP) is 6.00. The van der Waals surface area contributed by atoms with Gasteiger partial charge in [0.2, 0.25) is 0 Å². The zero-order valence-electron chi connectivity index (χ0n) is 47.3. The van der Waals surface area contributed by atoms with Crippen molar-refractivity contribution in [2.75, 3.05) is 6.61 Å². The molecular formula is C62H88O18. The second kappa shape index (κ2) is 20.0. The summed E-state index contributed by atoms with van der Waals surface area (Å²) in [6.07, 6.45) is 6.93. The van der Waals surface area contributed by atoms with Crippen molar-refractivity contribution < 1.29 is 86.1 Å². The maximum atomic E-state index is 14.8. The Hall–Kier alpha value is -1.53. The molecule has 2 N–H and O–H groups in total. The van der Waals surface area contributed by atoms with Gasteiger partial charge in [-0.15, -0.1) is 0 Å². The number of carbonyl (C=O) groups excluding carboxylic acids is 1. The van der Waals surface area contributed by atoms with E-state index < -0.39 is 29.6 Å². The first-order valence-corrected chi connectivity index (χ1v) is 31.7. The minimum Gasteiger partial charge on any atom is -0.394 e. The number of aliphatic hydroxyl groups excluding tert-OH is 2. The topological polar surface area (TPSA) is 196 Å². The molecule has 18 heteroatoms. The SMILES string of the molecule is C=C1CC2CCC34CC5OC6C(OC7CCC(CC(=O)CC8C(CC9OC(CCC1O2)CC(C)C9=C)OC1CC2OC9(CC2OC1C8C)CC1OC2(CC(C)C8OC%10CC(C(O)CO)OC%10CC8O2)CC(C)C1O9)OC7C6O3)C5O4. The molecule has 0 aliphatic carbocycles. The van der Waals surface area contributed by atoms with E-state index in [1.165, 1.54) is 0 Å². The first-order valence-electron chi connectivity index (χ1n) is 31.7. The van der Waals surface area contributed by atoms with Crippen LogP contribution >= 0.6 is 0 Å². The van der Waals surface area contributed by atoms with Crippen LogP contribution in [-0.2, 0) is 75.8 Å². The monoisotopic (exact) mass is 1120 g/mol. The molecule has 33 unspecified atom stereocenters. The lowest BCUT2D eigenvalue weighted by Gasteiger charge is -2.54. The van der Waals surface area contributed by atoms with Crippen molar-refractivity contribution in [3.8, 4) is 0 Å². The fourth-order valence-corrected chi connectivity index (χ4v) is 19.3. The highest BCUT2D eigenvalue weighted by molar-refractivity contribution is 5.79. The summed E-state index contributed by atoms with van der Waals surface area (Å²) in [6, 6.07) is 0. The number of rotatable bonds is 2. The summed E-state index contributed by atoms with van der Waals surface area (Å²) in [7, 11) is 0. The van der Waals surface area contributed by atoms with Crippen LogP contribution in [0.1, 0.15) is 150 Å². The zero-order valence-corrected chi connectivity index (χ0v) is 47.3. The van der Waals surface area contributed by atoms with Crippen LogP contribution in [0.5, 0.6) is 0 Å². The molecule has 17 heterocycles. The van der Waals surface area contributed by atoms with Gasteiger partial charge < -0.3 is 81.3 Å². The molecule has 0 aromatic carbocycles. The van der Waals surface area contributed by atoms with Gasteiger partial charge in [0.05, 0.1) is 123 Å². The summed E-state index contributed by atoms with van der Waals surface area (Å²) in [5.74, 6) is -1.88. The van der Waals surface area contributed by atoms with Gasteiger partial charge in [-0.05, 0) is 85.7 Å². The van der Waals surface area contributed by atoms with Crippen molar-refractivity contribution in [1.82, 2.24) is 0 Å². The Labute approximate surface area is 470 Å². The number of ether oxygens (including phenoxy) is 15. The molecule has 80 heavy (non-hydrogen) atoms. The molecule has 0 aromatic rings. The Morgan fingerprint density at radius 2 is 1.14 bits per heavy atom. The molecule has 0 radical (unpaired) electrons. The van der Waals surface area contributed by atoms with Gasteiger partial charge in [-0.25, -0.2) is 0 Å². The molecule has 17 fully saturated rings. The van der Waals surface area contributed by atoms with Gasteiger partial charge in [-0.1, -0.05) is 40.9 Å². The van der Waals surface area contributed by atoms with E-state index in [4.69, 9.17) is 71.1 Å². The van der Waals surface area contributed by atoms with E-state index in [1.54, 1.807) is 0 Å². The molecule has 17 aliphatic heterocycles. The molecule has 3 spiro atoms. The lowest BCUT2D eigenvalue weighted by Crippen LogP contribution is -2.62. The third kappa shape index (κ3) is 9.04. The van der Waals surface area contributed by atoms with Crippen LogP contribution in [0.2, 0.25) is 0 Å². The molecule has 17 aliphatic rings. The average molecular weight is 1120 g/mol. The Bertz CT molecular complexity index is 2410. The first-order chi connectivity index (χ1) is 38.6. The second-order valence-electron chi connectivity index (χ2n) is 28.6. The van der Waals surface area contributed by atoms with Gasteiger partial charge in [-0.2, -0.15) is 0 Å².